The van der Waals surface area contributed by atoms with E-state index in [-0.39, 0.29) is 6.10 Å². The van der Waals surface area contributed by atoms with Gasteiger partial charge < -0.3 is 15.0 Å². The summed E-state index contributed by atoms with van der Waals surface area (Å²) >= 11 is 1.20. The molecule has 2 aromatic carbocycles. The Hall–Kier alpha value is -2.45. The highest BCUT2D eigenvalue weighted by atomic mass is 32.2. The summed E-state index contributed by atoms with van der Waals surface area (Å²) in [5.74, 6) is 1.20. The summed E-state index contributed by atoms with van der Waals surface area (Å²) in [6, 6.07) is 17.2. The Morgan fingerprint density at radius 3 is 2.64 bits per heavy atom. The van der Waals surface area contributed by atoms with Gasteiger partial charge in [0.25, 0.3) is 0 Å². The molecule has 0 unspecified atom stereocenters. The van der Waals surface area contributed by atoms with E-state index in [1.165, 1.54) is 11.6 Å². The van der Waals surface area contributed by atoms with Crippen molar-refractivity contribution in [2.75, 3.05) is 0 Å². The van der Waals surface area contributed by atoms with Crippen molar-refractivity contribution in [1.82, 2.24) is 5.43 Å². The number of para-hydroxylation sites is 2. The minimum Gasteiger partial charge on any atom is -0.526 e. The first kappa shape index (κ1) is 17.4. The largest absolute Gasteiger partial charge is 0.609 e. The van der Waals surface area contributed by atoms with E-state index in [0.717, 1.165) is 11.3 Å². The first-order valence-electron chi connectivity index (χ1n) is 7.93. The third-order valence-electron chi connectivity index (χ3n) is 3.23. The van der Waals surface area contributed by atoms with Crippen LogP contribution in [0.5, 0.6) is 5.75 Å². The zero-order valence-corrected chi connectivity index (χ0v) is 14.9. The zero-order valence-electron chi connectivity index (χ0n) is 14.0. The standard InChI is InChI=1S/C17H19BN4O2S/c1-12(2)23-18-24-15-11-7-6-10-14(15)16(21-22-17(19)25-18)20-13-8-4-3-5-9-13/h3-12H,1-2H3,(H2,19,22)(H,20,21). The molecular weight excluding hydrogens is 335 g/mol. The summed E-state index contributed by atoms with van der Waals surface area (Å²) in [6.45, 7) is 3.88. The van der Waals surface area contributed by atoms with Crippen LogP contribution in [-0.4, -0.2) is 23.5 Å². The lowest BCUT2D eigenvalue weighted by Gasteiger charge is -2.17. The molecule has 0 radical (unpaired) electrons. The molecule has 3 N–H and O–H groups in total. The van der Waals surface area contributed by atoms with Gasteiger partial charge in [-0.1, -0.05) is 41.9 Å². The van der Waals surface area contributed by atoms with Gasteiger partial charge in [-0.2, -0.15) is 0 Å². The molecule has 0 bridgehead atoms. The van der Waals surface area contributed by atoms with E-state index in [9.17, 15) is 0 Å². The van der Waals surface area contributed by atoms with Crippen molar-refractivity contribution in [2.45, 2.75) is 20.0 Å². The summed E-state index contributed by atoms with van der Waals surface area (Å²) in [6.07, 6.45) is -0.605. The predicted octanol–water partition coefficient (Wildman–Crippen LogP) is 3.12. The van der Waals surface area contributed by atoms with Gasteiger partial charge in [0.05, 0.1) is 11.3 Å². The van der Waals surface area contributed by atoms with Crippen molar-refractivity contribution >= 4 is 34.7 Å². The molecule has 8 heteroatoms. The van der Waals surface area contributed by atoms with Crippen LogP contribution in [0.1, 0.15) is 19.4 Å². The van der Waals surface area contributed by atoms with Gasteiger partial charge in [-0.05, 0) is 38.1 Å². The quantitative estimate of drug-likeness (QED) is 0.828. The molecule has 0 aromatic heterocycles. The van der Waals surface area contributed by atoms with Crippen molar-refractivity contribution < 1.29 is 9.31 Å². The van der Waals surface area contributed by atoms with Crippen LogP contribution in [0.25, 0.3) is 0 Å². The molecule has 25 heavy (non-hydrogen) atoms. The Kier molecular flexibility index (Phi) is 5.62. The molecule has 2 aromatic rings. The number of benzene rings is 2. The van der Waals surface area contributed by atoms with E-state index in [0.29, 0.717) is 16.8 Å². The lowest BCUT2D eigenvalue weighted by Crippen LogP contribution is -2.30. The molecule has 0 aliphatic carbocycles. The molecule has 0 atom stereocenters. The van der Waals surface area contributed by atoms with Crippen molar-refractivity contribution in [3.05, 3.63) is 60.2 Å². The van der Waals surface area contributed by atoms with Gasteiger partial charge in [-0.15, -0.1) is 5.10 Å². The Bertz CT molecular complexity index is 783. The number of hydrazone groups is 1. The number of hydrogen-bond donors (Lipinski definition) is 2. The van der Waals surface area contributed by atoms with E-state index in [1.54, 1.807) is 0 Å². The van der Waals surface area contributed by atoms with Crippen LogP contribution in [-0.2, 0) is 4.65 Å². The van der Waals surface area contributed by atoms with Gasteiger partial charge in [0.1, 0.15) is 5.75 Å². The maximum atomic E-state index is 6.03. The molecule has 1 aliphatic rings. The minimum atomic E-state index is -0.595. The molecule has 1 aliphatic heterocycles. The third-order valence-corrected chi connectivity index (χ3v) is 3.97. The SMILES string of the molecule is CC(C)OB1Oc2ccccc2C(=Nc2ccccc2)N/N=C(/N)S1. The summed E-state index contributed by atoms with van der Waals surface area (Å²) in [5, 5.41) is 4.50. The Labute approximate surface area is 151 Å². The fraction of sp³-hybridized carbons (Fsp3) is 0.176. The van der Waals surface area contributed by atoms with Crippen LogP contribution in [0.3, 0.4) is 0 Å². The van der Waals surface area contributed by atoms with E-state index in [4.69, 9.17) is 15.0 Å². The van der Waals surface area contributed by atoms with Crippen LogP contribution in [0.4, 0.5) is 5.69 Å². The summed E-state index contributed by atoms with van der Waals surface area (Å²) < 4.78 is 11.8. The lowest BCUT2D eigenvalue weighted by molar-refractivity contribution is 0.217. The summed E-state index contributed by atoms with van der Waals surface area (Å²) in [4.78, 5) is 4.64. The van der Waals surface area contributed by atoms with Gasteiger partial charge in [0.15, 0.2) is 11.0 Å². The highest BCUT2D eigenvalue weighted by Gasteiger charge is 2.28. The van der Waals surface area contributed by atoms with Crippen molar-refractivity contribution in [3.8, 4) is 5.75 Å². The Morgan fingerprint density at radius 2 is 1.88 bits per heavy atom. The normalized spacial score (nSPS) is 18.3. The fourth-order valence-corrected chi connectivity index (χ4v) is 2.91. The number of amidine groups is 2. The molecule has 0 saturated carbocycles. The molecule has 128 valence electrons. The number of aliphatic imine (C=N–C) groups is 1. The van der Waals surface area contributed by atoms with Gasteiger partial charge in [0.2, 0.25) is 0 Å². The van der Waals surface area contributed by atoms with Gasteiger partial charge in [-0.25, -0.2) is 4.99 Å². The number of hydrogen-bond acceptors (Lipinski definition) is 6. The monoisotopic (exact) mass is 354 g/mol. The van der Waals surface area contributed by atoms with Gasteiger partial charge in [0, 0.05) is 6.10 Å². The smallest absolute Gasteiger partial charge is 0.526 e. The highest BCUT2D eigenvalue weighted by Crippen LogP contribution is 2.25. The number of nitrogens with zero attached hydrogens (tertiary/aromatic N) is 2. The van der Waals surface area contributed by atoms with E-state index < -0.39 is 6.40 Å². The van der Waals surface area contributed by atoms with Crippen LogP contribution in [0.15, 0.2) is 64.7 Å². The summed E-state index contributed by atoms with van der Waals surface area (Å²) in [5.41, 5.74) is 10.5. The van der Waals surface area contributed by atoms with Crippen LogP contribution in [0, 0.1) is 0 Å². The Balaban J connectivity index is 2.02. The van der Waals surface area contributed by atoms with Crippen molar-refractivity contribution in [3.63, 3.8) is 0 Å². The lowest BCUT2D eigenvalue weighted by atomic mass is 10.1. The second-order valence-electron chi connectivity index (χ2n) is 5.56. The molecule has 0 spiro atoms. The molecular formula is C17H19BN4O2S. The molecule has 0 amide bonds. The predicted molar refractivity (Wildman–Crippen MR) is 104 cm³/mol. The first-order chi connectivity index (χ1) is 12.1. The van der Waals surface area contributed by atoms with Crippen molar-refractivity contribution in [2.24, 2.45) is 15.8 Å². The van der Waals surface area contributed by atoms with E-state index >= 15 is 0 Å². The fourth-order valence-electron chi connectivity index (χ4n) is 2.18. The third kappa shape index (κ3) is 4.77. The maximum absolute atomic E-state index is 6.03. The summed E-state index contributed by atoms with van der Waals surface area (Å²) in [7, 11) is 0. The number of fused-ring (bicyclic) bond motifs is 1. The number of rotatable bonds is 3. The van der Waals surface area contributed by atoms with E-state index in [2.05, 4.69) is 15.5 Å². The number of nitrogens with one attached hydrogen (secondary N) is 1. The molecule has 3 rings (SSSR count). The van der Waals surface area contributed by atoms with Crippen LogP contribution < -0.4 is 15.8 Å². The van der Waals surface area contributed by atoms with Crippen LogP contribution in [0.2, 0.25) is 0 Å². The molecule has 0 fully saturated rings. The zero-order chi connectivity index (χ0) is 17.6. The van der Waals surface area contributed by atoms with E-state index in [1.807, 2.05) is 68.4 Å². The highest BCUT2D eigenvalue weighted by molar-refractivity contribution is 8.35. The second kappa shape index (κ2) is 8.09. The number of nitrogens with two attached hydrogens (primary N) is 1. The Morgan fingerprint density at radius 1 is 1.16 bits per heavy atom. The second-order valence-corrected chi connectivity index (χ2v) is 6.60. The topological polar surface area (TPSA) is 81.2 Å². The average Bonchev–Trinajstić information content (AvgIpc) is 2.64. The van der Waals surface area contributed by atoms with Crippen LogP contribution >= 0.6 is 11.6 Å². The maximum Gasteiger partial charge on any atom is 0.609 e. The minimum absolute atomic E-state index is 0.0105. The van der Waals surface area contributed by atoms with Crippen molar-refractivity contribution in [1.29, 1.82) is 0 Å². The molecule has 6 nitrogen and oxygen atoms in total. The molecule has 1 heterocycles. The van der Waals surface area contributed by atoms with Gasteiger partial charge >= 0.3 is 6.40 Å². The average molecular weight is 354 g/mol. The molecule has 0 saturated heterocycles. The first-order valence-corrected chi connectivity index (χ1v) is 8.81. The van der Waals surface area contributed by atoms with Gasteiger partial charge in [-0.3, -0.25) is 5.43 Å².